The lowest BCUT2D eigenvalue weighted by Crippen LogP contribution is -2.56. The van der Waals surface area contributed by atoms with Crippen molar-refractivity contribution >= 4 is 17.2 Å². The molecule has 2 saturated heterocycles. The van der Waals surface area contributed by atoms with Crippen LogP contribution < -0.4 is 0 Å². The SMILES string of the molecule is N#Cc1cccc(CN2CC[C@@H]3[C@@H](CCC(=O)N3CCc3cccs3)C2)c1. The zero-order valence-corrected chi connectivity index (χ0v) is 16.3. The summed E-state index contributed by atoms with van der Waals surface area (Å²) in [5, 5.41) is 11.2. The maximum atomic E-state index is 12.5. The van der Waals surface area contributed by atoms with Gasteiger partial charge in [-0.25, -0.2) is 0 Å². The first-order valence-corrected chi connectivity index (χ1v) is 10.6. The minimum atomic E-state index is 0.336. The summed E-state index contributed by atoms with van der Waals surface area (Å²) >= 11 is 1.78. The summed E-state index contributed by atoms with van der Waals surface area (Å²) in [6, 6.07) is 14.8. The topological polar surface area (TPSA) is 47.3 Å². The lowest BCUT2D eigenvalue weighted by Gasteiger charge is -2.47. The fraction of sp³-hybridized carbons (Fsp3) is 0.455. The smallest absolute Gasteiger partial charge is 0.222 e. The number of benzene rings is 1. The predicted octanol–water partition coefficient (Wildman–Crippen LogP) is 3.68. The summed E-state index contributed by atoms with van der Waals surface area (Å²) in [4.78, 5) is 18.6. The van der Waals surface area contributed by atoms with Crippen molar-refractivity contribution in [2.45, 2.75) is 38.3 Å². The Balaban J connectivity index is 1.38. The highest BCUT2D eigenvalue weighted by Gasteiger charge is 2.38. The normalized spacial score (nSPS) is 23.1. The zero-order chi connectivity index (χ0) is 18.6. The molecule has 0 N–H and O–H groups in total. The number of fused-ring (bicyclic) bond motifs is 1. The fourth-order valence-electron chi connectivity index (χ4n) is 4.54. The van der Waals surface area contributed by atoms with Gasteiger partial charge in [-0.1, -0.05) is 18.2 Å². The highest BCUT2D eigenvalue weighted by molar-refractivity contribution is 7.09. The second-order valence-electron chi connectivity index (χ2n) is 7.62. The van der Waals surface area contributed by atoms with Crippen molar-refractivity contribution in [2.24, 2.45) is 5.92 Å². The van der Waals surface area contributed by atoms with E-state index in [-0.39, 0.29) is 0 Å². The molecule has 1 amide bonds. The van der Waals surface area contributed by atoms with E-state index < -0.39 is 0 Å². The van der Waals surface area contributed by atoms with Gasteiger partial charge in [-0.15, -0.1) is 11.3 Å². The minimum absolute atomic E-state index is 0.336. The molecule has 2 aliphatic rings. The van der Waals surface area contributed by atoms with Gasteiger partial charge < -0.3 is 4.90 Å². The summed E-state index contributed by atoms with van der Waals surface area (Å²) in [5.41, 5.74) is 1.93. The van der Waals surface area contributed by atoms with Gasteiger partial charge in [0.1, 0.15) is 0 Å². The van der Waals surface area contributed by atoms with Crippen molar-refractivity contribution in [1.82, 2.24) is 9.80 Å². The molecule has 27 heavy (non-hydrogen) atoms. The second-order valence-corrected chi connectivity index (χ2v) is 8.65. The van der Waals surface area contributed by atoms with Gasteiger partial charge in [-0.05, 0) is 54.3 Å². The maximum Gasteiger partial charge on any atom is 0.222 e. The number of hydrogen-bond acceptors (Lipinski definition) is 4. The molecule has 0 aliphatic carbocycles. The van der Waals surface area contributed by atoms with Gasteiger partial charge in [0, 0.05) is 43.5 Å². The van der Waals surface area contributed by atoms with Crippen molar-refractivity contribution in [1.29, 1.82) is 5.26 Å². The summed E-state index contributed by atoms with van der Waals surface area (Å²) in [6.07, 6.45) is 3.72. The first-order chi connectivity index (χ1) is 13.2. The van der Waals surface area contributed by atoms with Crippen LogP contribution in [0.1, 0.15) is 35.3 Å². The summed E-state index contributed by atoms with van der Waals surface area (Å²) in [5.74, 6) is 0.905. The number of likely N-dealkylation sites (tertiary alicyclic amines) is 2. The molecule has 140 valence electrons. The largest absolute Gasteiger partial charge is 0.339 e. The highest BCUT2D eigenvalue weighted by atomic mass is 32.1. The van der Waals surface area contributed by atoms with Crippen LogP contribution in [0, 0.1) is 17.2 Å². The molecule has 1 aromatic heterocycles. The summed E-state index contributed by atoms with van der Waals surface area (Å²) < 4.78 is 0. The van der Waals surface area contributed by atoms with E-state index in [1.807, 2.05) is 18.2 Å². The molecule has 0 spiro atoms. The molecule has 2 fully saturated rings. The molecule has 0 unspecified atom stereocenters. The van der Waals surface area contributed by atoms with Crippen LogP contribution in [0.2, 0.25) is 0 Å². The molecule has 4 rings (SSSR count). The quantitative estimate of drug-likeness (QED) is 0.796. The van der Waals surface area contributed by atoms with Gasteiger partial charge in [0.05, 0.1) is 11.6 Å². The number of carbonyl (C=O) groups is 1. The molecule has 0 bridgehead atoms. The van der Waals surface area contributed by atoms with Crippen molar-refractivity contribution in [2.75, 3.05) is 19.6 Å². The number of piperidine rings is 2. The van der Waals surface area contributed by atoms with Crippen molar-refractivity contribution in [3.8, 4) is 6.07 Å². The predicted molar refractivity (Wildman–Crippen MR) is 107 cm³/mol. The van der Waals surface area contributed by atoms with Crippen LogP contribution in [0.15, 0.2) is 41.8 Å². The van der Waals surface area contributed by atoms with E-state index in [0.717, 1.165) is 51.0 Å². The number of nitriles is 1. The molecule has 5 heteroatoms. The molecule has 2 atom stereocenters. The van der Waals surface area contributed by atoms with E-state index in [2.05, 4.69) is 39.4 Å². The van der Waals surface area contributed by atoms with E-state index in [1.54, 1.807) is 11.3 Å². The van der Waals surface area contributed by atoms with Gasteiger partial charge in [0.15, 0.2) is 0 Å². The lowest BCUT2D eigenvalue weighted by atomic mass is 9.83. The molecular weight excluding hydrogens is 354 g/mol. The Morgan fingerprint density at radius 3 is 2.96 bits per heavy atom. The number of rotatable bonds is 5. The third-order valence-corrected chi connectivity index (χ3v) is 6.81. The molecule has 1 aromatic carbocycles. The monoisotopic (exact) mass is 379 g/mol. The Kier molecular flexibility index (Phi) is 5.56. The number of hydrogen-bond donors (Lipinski definition) is 0. The Hall–Kier alpha value is -2.16. The fourth-order valence-corrected chi connectivity index (χ4v) is 5.24. The Morgan fingerprint density at radius 1 is 1.22 bits per heavy atom. The Bertz CT molecular complexity index is 826. The Labute approximate surface area is 165 Å². The van der Waals surface area contributed by atoms with Crippen molar-refractivity contribution in [3.05, 3.63) is 57.8 Å². The average Bonchev–Trinajstić information content (AvgIpc) is 3.21. The molecule has 4 nitrogen and oxygen atoms in total. The van der Waals surface area contributed by atoms with E-state index in [9.17, 15) is 4.79 Å². The molecule has 0 radical (unpaired) electrons. The van der Waals surface area contributed by atoms with Crippen molar-refractivity contribution < 1.29 is 4.79 Å². The minimum Gasteiger partial charge on any atom is -0.339 e. The van der Waals surface area contributed by atoms with E-state index >= 15 is 0 Å². The van der Waals surface area contributed by atoms with Gasteiger partial charge in [0.25, 0.3) is 0 Å². The van der Waals surface area contributed by atoms with E-state index in [4.69, 9.17) is 5.26 Å². The van der Waals surface area contributed by atoms with Crippen LogP contribution in [0.4, 0.5) is 0 Å². The molecule has 2 aliphatic heterocycles. The zero-order valence-electron chi connectivity index (χ0n) is 15.5. The summed E-state index contributed by atoms with van der Waals surface area (Å²) in [7, 11) is 0. The molecular formula is C22H25N3OS. The summed E-state index contributed by atoms with van der Waals surface area (Å²) in [6.45, 7) is 3.80. The third kappa shape index (κ3) is 4.23. The van der Waals surface area contributed by atoms with Crippen molar-refractivity contribution in [3.63, 3.8) is 0 Å². The highest BCUT2D eigenvalue weighted by Crippen LogP contribution is 2.32. The van der Waals surface area contributed by atoms with Crippen LogP contribution in [-0.2, 0) is 17.8 Å². The first-order valence-electron chi connectivity index (χ1n) is 9.76. The molecule has 2 aromatic rings. The van der Waals surface area contributed by atoms with Crippen LogP contribution in [0.25, 0.3) is 0 Å². The van der Waals surface area contributed by atoms with Crippen LogP contribution >= 0.6 is 11.3 Å². The molecule has 0 saturated carbocycles. The average molecular weight is 380 g/mol. The van der Waals surface area contributed by atoms with Gasteiger partial charge >= 0.3 is 0 Å². The standard InChI is InChI=1S/C22H25N3OS/c23-14-17-3-1-4-18(13-17)15-24-10-9-21-19(16-24)6-7-22(26)25(21)11-8-20-5-2-12-27-20/h1-5,12-13,19,21H,6-11,15-16H2/t19-,21+/m0/s1. The maximum absolute atomic E-state index is 12.5. The van der Waals surface area contributed by atoms with Gasteiger partial charge in [0.2, 0.25) is 5.91 Å². The second kappa shape index (κ2) is 8.24. The first kappa shape index (κ1) is 18.2. The number of thiophene rings is 1. The van der Waals surface area contributed by atoms with Gasteiger partial charge in [-0.3, -0.25) is 9.69 Å². The lowest BCUT2D eigenvalue weighted by molar-refractivity contribution is -0.141. The number of carbonyl (C=O) groups excluding carboxylic acids is 1. The Morgan fingerprint density at radius 2 is 2.15 bits per heavy atom. The number of nitrogens with zero attached hydrogens (tertiary/aromatic N) is 3. The number of amides is 1. The van der Waals surface area contributed by atoms with E-state index in [1.165, 1.54) is 10.4 Å². The molecule has 3 heterocycles. The van der Waals surface area contributed by atoms with E-state index in [0.29, 0.717) is 24.3 Å². The van der Waals surface area contributed by atoms with Crippen LogP contribution in [0.3, 0.4) is 0 Å². The van der Waals surface area contributed by atoms with Crippen LogP contribution in [0.5, 0.6) is 0 Å². The third-order valence-electron chi connectivity index (χ3n) is 5.87. The van der Waals surface area contributed by atoms with Crippen LogP contribution in [-0.4, -0.2) is 41.4 Å². The van der Waals surface area contributed by atoms with Gasteiger partial charge in [-0.2, -0.15) is 5.26 Å².